The minimum absolute atomic E-state index is 0.159. The molecule has 1 aromatic heterocycles. The lowest BCUT2D eigenvalue weighted by Crippen LogP contribution is -2.37. The number of hydrogen-bond acceptors (Lipinski definition) is 3. The molecule has 126 valence electrons. The third-order valence-electron chi connectivity index (χ3n) is 4.62. The zero-order valence-electron chi connectivity index (χ0n) is 14.2. The van der Waals surface area contributed by atoms with Crippen molar-refractivity contribution in [2.45, 2.75) is 12.6 Å². The minimum Gasteiger partial charge on any atom is -0.371 e. The number of nitrogens with zero attached hydrogens (tertiary/aromatic N) is 2. The van der Waals surface area contributed by atoms with Crippen molar-refractivity contribution in [2.75, 3.05) is 19.7 Å². The minimum atomic E-state index is 0.159. The molecule has 0 N–H and O–H groups in total. The maximum absolute atomic E-state index is 5.95. The van der Waals surface area contributed by atoms with E-state index in [0.29, 0.717) is 0 Å². The van der Waals surface area contributed by atoms with Crippen molar-refractivity contribution in [3.8, 4) is 11.3 Å². The second-order valence-corrected chi connectivity index (χ2v) is 6.42. The van der Waals surface area contributed by atoms with Crippen LogP contribution in [0.1, 0.15) is 17.2 Å². The van der Waals surface area contributed by atoms with Crippen LogP contribution in [0, 0.1) is 0 Å². The highest BCUT2D eigenvalue weighted by atomic mass is 16.5. The molecule has 4 rings (SSSR count). The van der Waals surface area contributed by atoms with Gasteiger partial charge in [-0.05, 0) is 17.2 Å². The molecular weight excluding hydrogens is 308 g/mol. The summed E-state index contributed by atoms with van der Waals surface area (Å²) in [4.78, 5) is 7.08. The Labute approximate surface area is 148 Å². The summed E-state index contributed by atoms with van der Waals surface area (Å²) in [6, 6.07) is 25.1. The predicted molar refractivity (Wildman–Crippen MR) is 100 cm³/mol. The Balaban J connectivity index is 1.42. The smallest absolute Gasteiger partial charge is 0.0952 e. The number of rotatable bonds is 4. The predicted octanol–water partition coefficient (Wildman–Crippen LogP) is 4.32. The molecule has 2 aromatic carbocycles. The quantitative estimate of drug-likeness (QED) is 0.712. The van der Waals surface area contributed by atoms with Crippen LogP contribution in [-0.4, -0.2) is 29.6 Å². The highest BCUT2D eigenvalue weighted by Gasteiger charge is 2.21. The summed E-state index contributed by atoms with van der Waals surface area (Å²) in [5.74, 6) is 0. The summed E-state index contributed by atoms with van der Waals surface area (Å²) in [5.41, 5.74) is 4.68. The lowest BCUT2D eigenvalue weighted by molar-refractivity contribution is -0.0329. The Bertz CT molecular complexity index is 787. The molecule has 0 saturated carbocycles. The molecule has 1 saturated heterocycles. The van der Waals surface area contributed by atoms with Gasteiger partial charge in [-0.2, -0.15) is 0 Å². The van der Waals surface area contributed by atoms with Crippen LogP contribution in [0.3, 0.4) is 0 Å². The SMILES string of the molecule is c1ccc(-c2ccc(CN3CCO[C@@H](c4ccccc4)C3)cn2)cc1. The fourth-order valence-electron chi connectivity index (χ4n) is 3.27. The zero-order chi connectivity index (χ0) is 16.9. The van der Waals surface area contributed by atoms with Gasteiger partial charge >= 0.3 is 0 Å². The normalized spacial score (nSPS) is 18.2. The lowest BCUT2D eigenvalue weighted by Gasteiger charge is -2.33. The largest absolute Gasteiger partial charge is 0.371 e. The summed E-state index contributed by atoms with van der Waals surface area (Å²) in [5, 5.41) is 0. The second-order valence-electron chi connectivity index (χ2n) is 6.42. The van der Waals surface area contributed by atoms with E-state index in [1.807, 2.05) is 30.5 Å². The Kier molecular flexibility index (Phi) is 4.86. The lowest BCUT2D eigenvalue weighted by atomic mass is 10.1. The molecule has 0 aliphatic carbocycles. The third kappa shape index (κ3) is 3.95. The van der Waals surface area contributed by atoms with E-state index in [1.165, 1.54) is 11.1 Å². The summed E-state index contributed by atoms with van der Waals surface area (Å²) in [6.07, 6.45) is 2.15. The number of morpholine rings is 1. The number of pyridine rings is 1. The van der Waals surface area contributed by atoms with E-state index in [4.69, 9.17) is 4.74 Å². The summed E-state index contributed by atoms with van der Waals surface area (Å²) in [6.45, 7) is 3.57. The highest BCUT2D eigenvalue weighted by molar-refractivity contribution is 5.58. The average Bonchev–Trinajstić information content (AvgIpc) is 2.70. The van der Waals surface area contributed by atoms with Crippen molar-refractivity contribution in [3.05, 3.63) is 90.1 Å². The molecule has 3 heteroatoms. The fourth-order valence-corrected chi connectivity index (χ4v) is 3.27. The topological polar surface area (TPSA) is 25.4 Å². The number of ether oxygens (including phenoxy) is 1. The Morgan fingerprint density at radius 3 is 2.40 bits per heavy atom. The van der Waals surface area contributed by atoms with Crippen molar-refractivity contribution >= 4 is 0 Å². The van der Waals surface area contributed by atoms with Gasteiger partial charge in [-0.25, -0.2) is 0 Å². The third-order valence-corrected chi connectivity index (χ3v) is 4.62. The number of hydrogen-bond donors (Lipinski definition) is 0. The molecule has 1 atom stereocenters. The molecular formula is C22H22N2O. The van der Waals surface area contributed by atoms with Gasteiger partial charge in [-0.15, -0.1) is 0 Å². The molecule has 0 amide bonds. The van der Waals surface area contributed by atoms with Crippen LogP contribution < -0.4 is 0 Å². The van der Waals surface area contributed by atoms with E-state index in [0.717, 1.165) is 37.5 Å². The first-order valence-corrected chi connectivity index (χ1v) is 8.78. The second kappa shape index (κ2) is 7.60. The van der Waals surface area contributed by atoms with Crippen LogP contribution in [0.4, 0.5) is 0 Å². The van der Waals surface area contributed by atoms with Crippen LogP contribution in [0.5, 0.6) is 0 Å². The van der Waals surface area contributed by atoms with Gasteiger partial charge in [-0.1, -0.05) is 66.7 Å². The van der Waals surface area contributed by atoms with Crippen LogP contribution in [-0.2, 0) is 11.3 Å². The number of benzene rings is 2. The van der Waals surface area contributed by atoms with Crippen LogP contribution in [0.2, 0.25) is 0 Å². The summed E-state index contributed by atoms with van der Waals surface area (Å²) >= 11 is 0. The molecule has 1 aliphatic rings. The Morgan fingerprint density at radius 1 is 0.920 bits per heavy atom. The first-order valence-electron chi connectivity index (χ1n) is 8.78. The Hall–Kier alpha value is -2.49. The Morgan fingerprint density at radius 2 is 1.68 bits per heavy atom. The molecule has 3 aromatic rings. The fraction of sp³-hybridized carbons (Fsp3) is 0.227. The summed E-state index contributed by atoms with van der Waals surface area (Å²) in [7, 11) is 0. The monoisotopic (exact) mass is 330 g/mol. The van der Waals surface area contributed by atoms with Gasteiger partial charge in [-0.3, -0.25) is 9.88 Å². The average molecular weight is 330 g/mol. The van der Waals surface area contributed by atoms with Gasteiger partial charge in [0, 0.05) is 31.4 Å². The standard InChI is InChI=1S/C22H22N2O/c1-3-7-19(8-4-1)21-12-11-18(15-23-21)16-24-13-14-25-22(17-24)20-9-5-2-6-10-20/h1-12,15,22H,13-14,16-17H2/t22-/m1/s1. The van der Waals surface area contributed by atoms with Gasteiger partial charge in [0.25, 0.3) is 0 Å². The van der Waals surface area contributed by atoms with E-state index in [1.54, 1.807) is 0 Å². The van der Waals surface area contributed by atoms with Gasteiger partial charge < -0.3 is 4.74 Å². The molecule has 0 unspecified atom stereocenters. The zero-order valence-corrected chi connectivity index (χ0v) is 14.2. The first-order chi connectivity index (χ1) is 12.4. The van der Waals surface area contributed by atoms with Crippen molar-refractivity contribution in [1.29, 1.82) is 0 Å². The van der Waals surface area contributed by atoms with Crippen molar-refractivity contribution < 1.29 is 4.74 Å². The maximum atomic E-state index is 5.95. The van der Waals surface area contributed by atoms with Crippen LogP contribution >= 0.6 is 0 Å². The summed E-state index contributed by atoms with van der Waals surface area (Å²) < 4.78 is 5.95. The van der Waals surface area contributed by atoms with E-state index in [9.17, 15) is 0 Å². The number of aromatic nitrogens is 1. The molecule has 25 heavy (non-hydrogen) atoms. The van der Waals surface area contributed by atoms with E-state index in [2.05, 4.69) is 58.4 Å². The van der Waals surface area contributed by atoms with Gasteiger partial charge in [0.05, 0.1) is 18.4 Å². The van der Waals surface area contributed by atoms with Crippen molar-refractivity contribution in [1.82, 2.24) is 9.88 Å². The molecule has 1 aliphatic heterocycles. The molecule has 2 heterocycles. The van der Waals surface area contributed by atoms with Gasteiger partial charge in [0.2, 0.25) is 0 Å². The molecule has 0 spiro atoms. The van der Waals surface area contributed by atoms with E-state index >= 15 is 0 Å². The molecule has 3 nitrogen and oxygen atoms in total. The van der Waals surface area contributed by atoms with Gasteiger partial charge in [0.15, 0.2) is 0 Å². The van der Waals surface area contributed by atoms with Crippen molar-refractivity contribution in [3.63, 3.8) is 0 Å². The van der Waals surface area contributed by atoms with Crippen LogP contribution in [0.15, 0.2) is 79.0 Å². The van der Waals surface area contributed by atoms with E-state index in [-0.39, 0.29) is 6.10 Å². The van der Waals surface area contributed by atoms with Crippen molar-refractivity contribution in [2.24, 2.45) is 0 Å². The van der Waals surface area contributed by atoms with E-state index < -0.39 is 0 Å². The molecule has 1 fully saturated rings. The highest BCUT2D eigenvalue weighted by Crippen LogP contribution is 2.23. The first kappa shape index (κ1) is 16.0. The van der Waals surface area contributed by atoms with Gasteiger partial charge in [0.1, 0.15) is 0 Å². The maximum Gasteiger partial charge on any atom is 0.0952 e. The molecule has 0 radical (unpaired) electrons. The molecule has 0 bridgehead atoms. The van der Waals surface area contributed by atoms with Crippen LogP contribution in [0.25, 0.3) is 11.3 Å².